The molecule has 0 heterocycles. The summed E-state index contributed by atoms with van der Waals surface area (Å²) in [5, 5.41) is 28.8. The molecule has 4 rings (SSSR count). The Morgan fingerprint density at radius 1 is 0.629 bits per heavy atom. The molecule has 178 valence electrons. The van der Waals surface area contributed by atoms with Crippen LogP contribution in [-0.4, -0.2) is 28.6 Å². The lowest BCUT2D eigenvalue weighted by Gasteiger charge is -2.30. The number of aliphatic hydroxyl groups excluding tert-OH is 2. The van der Waals surface area contributed by atoms with Crippen molar-refractivity contribution in [2.45, 2.75) is 25.6 Å². The first-order valence-corrected chi connectivity index (χ1v) is 14.9. The lowest BCUT2D eigenvalue weighted by Crippen LogP contribution is -2.34. The van der Waals surface area contributed by atoms with Crippen LogP contribution in [0.1, 0.15) is 13.3 Å². The van der Waals surface area contributed by atoms with Crippen LogP contribution in [0.15, 0.2) is 133 Å². The third-order valence-electron chi connectivity index (χ3n) is 5.87. The fourth-order valence-corrected chi connectivity index (χ4v) is 9.21. The van der Waals surface area contributed by atoms with Crippen molar-refractivity contribution < 1.29 is 10.2 Å². The van der Waals surface area contributed by atoms with Gasteiger partial charge in [0.1, 0.15) is 6.10 Å². The van der Waals surface area contributed by atoms with Gasteiger partial charge in [-0.3, -0.25) is 0 Å². The maximum Gasteiger partial charge on any atom is 0.106 e. The van der Waals surface area contributed by atoms with Crippen molar-refractivity contribution in [3.05, 3.63) is 133 Å². The first-order chi connectivity index (χ1) is 17.2. The van der Waals surface area contributed by atoms with Gasteiger partial charge in [0.15, 0.2) is 0 Å². The highest BCUT2D eigenvalue weighted by atomic mass is 31.1. The highest BCUT2D eigenvalue weighted by Gasteiger charge is 2.31. The molecule has 2 N–H and O–H groups in total. The molecule has 2 nitrogen and oxygen atoms in total. The average Bonchev–Trinajstić information content (AvgIpc) is 2.93. The van der Waals surface area contributed by atoms with Gasteiger partial charge in [-0.15, -0.1) is 0 Å². The van der Waals surface area contributed by atoms with Gasteiger partial charge in [0, 0.05) is 6.16 Å². The summed E-state index contributed by atoms with van der Waals surface area (Å²) in [6, 6.07) is 41.4. The maximum atomic E-state index is 11.7. The molecule has 4 aromatic rings. The van der Waals surface area contributed by atoms with Gasteiger partial charge < -0.3 is 10.2 Å². The molecule has 0 saturated carbocycles. The second-order valence-electron chi connectivity index (χ2n) is 8.34. The Kier molecular flexibility index (Phi) is 9.41. The van der Waals surface area contributed by atoms with Crippen LogP contribution in [0.2, 0.25) is 0 Å². The number of benzene rings is 4. The van der Waals surface area contributed by atoms with E-state index in [1.54, 1.807) is 0 Å². The van der Waals surface area contributed by atoms with E-state index in [2.05, 4.69) is 61.5 Å². The molecule has 0 spiro atoms. The van der Waals surface area contributed by atoms with Gasteiger partial charge in [0.2, 0.25) is 0 Å². The van der Waals surface area contributed by atoms with Gasteiger partial charge in [0.25, 0.3) is 0 Å². The number of aliphatic hydroxyl groups is 2. The van der Waals surface area contributed by atoms with Crippen molar-refractivity contribution in [2.75, 3.05) is 6.16 Å². The summed E-state index contributed by atoms with van der Waals surface area (Å²) in [4.78, 5) is 0. The number of rotatable bonds is 10. The van der Waals surface area contributed by atoms with Crippen molar-refractivity contribution in [2.24, 2.45) is 0 Å². The minimum atomic E-state index is -0.967. The summed E-state index contributed by atoms with van der Waals surface area (Å²) in [6.07, 6.45) is 1.59. The van der Waals surface area contributed by atoms with Crippen LogP contribution in [-0.2, 0) is 0 Å². The Labute approximate surface area is 211 Å². The van der Waals surface area contributed by atoms with Crippen LogP contribution in [0.4, 0.5) is 0 Å². The Bertz CT molecular complexity index is 1100. The van der Waals surface area contributed by atoms with Crippen molar-refractivity contribution >= 4 is 37.1 Å². The Morgan fingerprint density at radius 3 is 1.37 bits per heavy atom. The molecule has 0 aliphatic rings. The normalized spacial score (nSPS) is 13.7. The molecule has 0 fully saturated rings. The van der Waals surface area contributed by atoms with Crippen LogP contribution in [0.25, 0.3) is 0 Å². The predicted molar refractivity (Wildman–Crippen MR) is 153 cm³/mol. The monoisotopic (exact) mass is 498 g/mol. The summed E-state index contributed by atoms with van der Waals surface area (Å²) >= 11 is 0. The average molecular weight is 499 g/mol. The van der Waals surface area contributed by atoms with E-state index in [0.717, 1.165) is 11.7 Å². The highest BCUT2D eigenvalue weighted by Crippen LogP contribution is 2.46. The minimum Gasteiger partial charge on any atom is -0.390 e. The predicted octanol–water partition coefficient (Wildman–Crippen LogP) is 5.27. The molecule has 0 saturated heterocycles. The van der Waals surface area contributed by atoms with E-state index in [-0.39, 0.29) is 0 Å². The zero-order valence-electron chi connectivity index (χ0n) is 20.0. The van der Waals surface area contributed by atoms with Gasteiger partial charge in [-0.2, -0.15) is 0 Å². The van der Waals surface area contributed by atoms with Crippen LogP contribution in [0, 0.1) is 0 Å². The molecule has 0 bridgehead atoms. The van der Waals surface area contributed by atoms with E-state index in [9.17, 15) is 10.2 Å². The quantitative estimate of drug-likeness (QED) is 0.293. The highest BCUT2D eigenvalue weighted by molar-refractivity contribution is 7.76. The molecule has 4 aromatic carbocycles. The third kappa shape index (κ3) is 6.54. The molecular weight excluding hydrogens is 466 g/mol. The second kappa shape index (κ2) is 12.9. The van der Waals surface area contributed by atoms with Crippen LogP contribution < -0.4 is 21.2 Å². The minimum absolute atomic E-state index is 0.498. The number of allylic oxidation sites excluding steroid dienone is 1. The maximum absolute atomic E-state index is 11.7. The van der Waals surface area contributed by atoms with E-state index in [0.29, 0.717) is 6.16 Å². The van der Waals surface area contributed by atoms with E-state index in [1.807, 2.05) is 72.8 Å². The summed E-state index contributed by atoms with van der Waals surface area (Å²) < 4.78 is 0. The van der Waals surface area contributed by atoms with Gasteiger partial charge in [-0.25, -0.2) is 0 Å². The summed E-state index contributed by atoms with van der Waals surface area (Å²) in [7, 11) is -1.78. The third-order valence-corrected chi connectivity index (χ3v) is 11.0. The molecular formula is C31H32O2P2. The molecule has 0 radical (unpaired) electrons. The smallest absolute Gasteiger partial charge is 0.106 e. The summed E-state index contributed by atoms with van der Waals surface area (Å²) in [6.45, 7) is 2.09. The molecule has 0 aliphatic carbocycles. The molecule has 4 heteroatoms. The van der Waals surface area contributed by atoms with Crippen molar-refractivity contribution in [3.8, 4) is 0 Å². The molecule has 35 heavy (non-hydrogen) atoms. The molecule has 2 unspecified atom stereocenters. The van der Waals surface area contributed by atoms with Gasteiger partial charge in [0.05, 0.1) is 6.10 Å². The fraction of sp³-hybridized carbons (Fsp3) is 0.161. The van der Waals surface area contributed by atoms with Gasteiger partial charge >= 0.3 is 0 Å². The first kappa shape index (κ1) is 25.5. The fourth-order valence-electron chi connectivity index (χ4n) is 4.21. The van der Waals surface area contributed by atoms with Crippen molar-refractivity contribution in [3.63, 3.8) is 0 Å². The molecule has 0 aliphatic heterocycles. The molecule has 2 atom stereocenters. The van der Waals surface area contributed by atoms with Crippen molar-refractivity contribution in [1.29, 1.82) is 0 Å². The van der Waals surface area contributed by atoms with Gasteiger partial charge in [-0.1, -0.05) is 134 Å². The first-order valence-electron chi connectivity index (χ1n) is 12.0. The van der Waals surface area contributed by atoms with E-state index < -0.39 is 28.1 Å². The van der Waals surface area contributed by atoms with Crippen LogP contribution >= 0.6 is 15.8 Å². The van der Waals surface area contributed by atoms with Crippen LogP contribution in [0.5, 0.6) is 0 Å². The van der Waals surface area contributed by atoms with E-state index in [1.165, 1.54) is 21.2 Å². The Morgan fingerprint density at radius 2 is 1.00 bits per heavy atom. The van der Waals surface area contributed by atoms with Gasteiger partial charge in [-0.05, 0) is 48.8 Å². The largest absolute Gasteiger partial charge is 0.390 e. The SMILES string of the molecule is CC/C=C(\C(O)C(O)CP(c1ccccc1)c1ccccc1)P(c1ccccc1)c1ccccc1. The molecule has 0 aromatic heterocycles. The van der Waals surface area contributed by atoms with E-state index >= 15 is 0 Å². The van der Waals surface area contributed by atoms with Crippen molar-refractivity contribution in [1.82, 2.24) is 0 Å². The zero-order valence-corrected chi connectivity index (χ0v) is 21.8. The topological polar surface area (TPSA) is 40.5 Å². The molecule has 0 amide bonds. The Balaban J connectivity index is 1.68. The number of hydrogen-bond donors (Lipinski definition) is 2. The van der Waals surface area contributed by atoms with E-state index in [4.69, 9.17) is 0 Å². The second-order valence-corrected chi connectivity index (χ2v) is 12.8. The zero-order chi connectivity index (χ0) is 24.5. The summed E-state index contributed by atoms with van der Waals surface area (Å²) in [5.41, 5.74) is 0. The standard InChI is InChI=1S/C31H32O2P2/c1-2-15-30(35(27-20-11-5-12-21-27)28-22-13-6-14-23-28)31(33)29(32)24-34(25-16-7-3-8-17-25)26-18-9-4-10-19-26/h3-23,29,31-33H,2,24H2,1H3/b30-15+. The number of hydrogen-bond acceptors (Lipinski definition) is 2. The lowest BCUT2D eigenvalue weighted by atomic mass is 10.2. The lowest BCUT2D eigenvalue weighted by molar-refractivity contribution is 0.0619. The van der Waals surface area contributed by atoms with Crippen LogP contribution in [0.3, 0.4) is 0 Å². The Hall–Kier alpha value is -2.60. The summed E-state index contributed by atoms with van der Waals surface area (Å²) in [5.74, 6) is 0.